The van der Waals surface area contributed by atoms with E-state index in [0.717, 1.165) is 13.2 Å². The molecule has 0 radical (unpaired) electrons. The van der Waals surface area contributed by atoms with Crippen LogP contribution in [-0.4, -0.2) is 171 Å². The number of benzene rings is 5. The fourth-order valence-corrected chi connectivity index (χ4v) is 10.2. The number of fused-ring (bicyclic) bond motifs is 5. The number of aromatic nitrogens is 10. The highest BCUT2D eigenvalue weighted by Crippen LogP contribution is 2.32. The normalized spacial score (nSPS) is 22.7. The molecule has 20 heteroatoms. The molecule has 5 amide bonds. The molecule has 0 unspecified atom stereocenters. The second-order valence-electron chi connectivity index (χ2n) is 23.6. The summed E-state index contributed by atoms with van der Waals surface area (Å²) in [6.07, 6.45) is -9.17. The van der Waals surface area contributed by atoms with Gasteiger partial charge in [0.05, 0.1) is 132 Å². The van der Waals surface area contributed by atoms with E-state index in [1.807, 2.05) is 0 Å². The minimum atomic E-state index is -3.53. The predicted octanol–water partition coefficient (Wildman–Crippen LogP) is 16.2. The summed E-state index contributed by atoms with van der Waals surface area (Å²) in [5.74, 6) is -7.51. The van der Waals surface area contributed by atoms with Gasteiger partial charge in [0.15, 0.2) is 0 Å². The fraction of sp³-hybridized carbons (Fsp3) is 0.263. The van der Waals surface area contributed by atoms with Gasteiger partial charge < -0.3 is 46.5 Å². The zero-order valence-corrected chi connectivity index (χ0v) is 59.6. The lowest BCUT2D eigenvalue weighted by molar-refractivity contribution is -0.128. The number of aryl methyl sites for hydroxylation is 1. The van der Waals surface area contributed by atoms with E-state index in [0.29, 0.717) is 8.80 Å². The Bertz CT molecular complexity index is 9780. The monoisotopic (exact) mass is 1620 g/mol. The van der Waals surface area contributed by atoms with Gasteiger partial charge in [0.1, 0.15) is 28.2 Å². The summed E-state index contributed by atoms with van der Waals surface area (Å²) in [4.78, 5) is 84.6. The van der Waals surface area contributed by atoms with Gasteiger partial charge in [-0.1, -0.05) is 179 Å². The van der Waals surface area contributed by atoms with Gasteiger partial charge in [-0.25, -0.2) is 24.9 Å². The maximum atomic E-state index is 13.2. The summed E-state index contributed by atoms with van der Waals surface area (Å²) in [5.41, 5.74) is -13.8. The Morgan fingerprint density at radius 2 is 0.452 bits per heavy atom. The molecule has 0 fully saturated rings. The summed E-state index contributed by atoms with van der Waals surface area (Å²) >= 11 is 0. The maximum Gasteiger partial charge on any atom is 0.228 e. The number of rotatable bonds is 15. The van der Waals surface area contributed by atoms with Gasteiger partial charge in [0.2, 0.25) is 29.5 Å². The molecular weight excluding hydrogens is 1430 g/mol. The Morgan fingerprint density at radius 3 is 0.678 bits per heavy atom. The number of likely N-dealkylation sites (N-methyl/N-ethyl adjacent to an activating group) is 5. The van der Waals surface area contributed by atoms with Crippen molar-refractivity contribution in [2.75, 3.05) is 69.8 Å². The van der Waals surface area contributed by atoms with Crippen molar-refractivity contribution < 1.29 is 132 Å². The molecule has 0 saturated heterocycles. The van der Waals surface area contributed by atoms with Crippen LogP contribution in [-0.2, 0) is 56.1 Å². The van der Waals surface area contributed by atoms with Crippen LogP contribution >= 0.6 is 0 Å². The first kappa shape index (κ1) is 28.5. The number of hydrogen-bond acceptors (Lipinski definition) is 10. The molecule has 0 aliphatic heterocycles. The average Bonchev–Trinajstić information content (AvgIpc) is 1.55. The number of pyridine rings is 5. The minimum absolute atomic E-state index is 0.0112. The van der Waals surface area contributed by atoms with E-state index in [1.165, 1.54) is 52.0 Å². The maximum absolute atomic E-state index is 13.2. The standard InChI is InChI=1S/5C19H21N3O/c5*1-13-5-8-15(9-6-13)19-16(11-18(23)21(3)4)22-12-14(2)7-10-17(22)20-19/h5*5-10,12H,11H2,1-4H3/i1D3,2D3,3D3,4D3,5D,6D,7D,8D,9D,10D,12D;2D3,3D3,4D3,5D,6D,7D,8D,9D,10D,12D;1D3,3D3,4D3,5D,6D,7D,8D,9D,10D,12D;3D3,4D3,5D,6D,7D,8D,9D,10D,12D;1D3,2D3,3D3,4D3,7D,10D,12D. The summed E-state index contributed by atoms with van der Waals surface area (Å²) in [6.45, 7) is -46.8. The second kappa shape index (κ2) is 36.2. The lowest BCUT2D eigenvalue weighted by Crippen LogP contribution is -2.24. The first-order valence-corrected chi connectivity index (χ1v) is 32.3. The minimum Gasteiger partial charge on any atom is -0.348 e. The Hall–Kier alpha value is -13.1. The highest BCUT2D eigenvalue weighted by atomic mass is 16.2. The van der Waals surface area contributed by atoms with Crippen molar-refractivity contribution in [2.45, 2.75) is 101 Å². The van der Waals surface area contributed by atoms with Crippen LogP contribution in [0.3, 0.4) is 0 Å². The second-order valence-corrected chi connectivity index (χ2v) is 23.6. The van der Waals surface area contributed by atoms with E-state index in [2.05, 4.69) is 24.9 Å². The van der Waals surface area contributed by atoms with Crippen LogP contribution < -0.4 is 0 Å². The van der Waals surface area contributed by atoms with Gasteiger partial charge in [0.25, 0.3) is 0 Å². The summed E-state index contributed by atoms with van der Waals surface area (Å²) in [5, 5.41) is 0. The van der Waals surface area contributed by atoms with Gasteiger partial charge in [0, 0.05) is 194 Å². The Morgan fingerprint density at radius 1 is 0.252 bits per heavy atom. The molecule has 15 rings (SSSR count). The molecule has 5 aromatic carbocycles. The third-order valence-corrected chi connectivity index (χ3v) is 15.4. The number of imidazole rings is 5. The SMILES string of the molecule is [2H]c1c(C([2H])([2H])[2H])c([2H])n2c(CC(=O)N(C([2H])([2H])[2H])C([2H])([2H])[2H])c(-c3ccc(C([2H])([2H])[2H])cc3)nc2c1[2H].[2H]c1c([2H])c(-c2nc3c([2H])c([2H])c(C([2H])([2H])[2H])c([2H])n3c2CC(=O)N(C([2H])([2H])[2H])C([2H])([2H])[2H])c([2H])c([2H])c1C.[2H]c1c([2H])c(-c2nc3c([2H])c([2H])c(C)c([2H])n3c2CC(=O)N(C([2H])([2H])[2H])C([2H])([2H])[2H])c([2H])c([2H])c1C.[2H]c1c([2H])c(C([2H])([2H])[2H])c([2H])c([2H])c1-c1nc2c([2H])c([2H])c(C([2H])([2H])[2H])c([2H])n2c1CC(=O)N(C([2H])([2H])[2H])C([2H])([2H])[2H].[2H]c1c([2H])c(C([2H])([2H])[2H])c([2H])c([2H])c1-c1nc2c([2H])c([2H])c(C)c([2H])n2c1CC(=O)N(C([2H])([2H])[2H])C([2H])([2H])[2H]. The molecule has 0 aliphatic carbocycles. The molecule has 0 aliphatic rings. The van der Waals surface area contributed by atoms with E-state index in [4.69, 9.17) is 108 Å². The largest absolute Gasteiger partial charge is 0.348 e. The molecule has 115 heavy (non-hydrogen) atoms. The molecule has 0 spiro atoms. The van der Waals surface area contributed by atoms with Crippen molar-refractivity contribution in [3.05, 3.63) is 296 Å². The van der Waals surface area contributed by atoms with Crippen molar-refractivity contribution in [1.29, 1.82) is 0 Å². The van der Waals surface area contributed by atoms with Crippen LogP contribution in [0.5, 0.6) is 0 Å². The lowest BCUT2D eigenvalue weighted by atomic mass is 10.1. The fourth-order valence-electron chi connectivity index (χ4n) is 10.2. The van der Waals surface area contributed by atoms with E-state index in [9.17, 15) is 24.0 Å². The van der Waals surface area contributed by atoms with Crippen LogP contribution in [0.1, 0.15) is 192 Å². The Labute approximate surface area is 785 Å². The molecular formula is C95H105N15O5. The first-order valence-electron chi connectivity index (χ1n) is 71.8. The average molecular weight is 1620 g/mol. The van der Waals surface area contributed by atoms with Crippen LogP contribution in [0, 0.1) is 68.8 Å². The van der Waals surface area contributed by atoms with E-state index >= 15 is 0 Å². The number of amides is 5. The van der Waals surface area contributed by atoms with Crippen molar-refractivity contribution >= 4 is 57.8 Å². The zero-order chi connectivity index (χ0) is 150. The molecule has 20 nitrogen and oxygen atoms in total. The molecule has 0 N–H and O–H groups in total. The molecule has 0 atom stereocenters. The van der Waals surface area contributed by atoms with Crippen LogP contribution in [0.15, 0.2) is 212 Å². The van der Waals surface area contributed by atoms with E-state index in [-0.39, 0.29) is 93.0 Å². The molecule has 15 aromatic rings. The Balaban J connectivity index is 0.000000224. The van der Waals surface area contributed by atoms with Crippen molar-refractivity contribution in [1.82, 2.24) is 71.4 Å². The van der Waals surface area contributed by atoms with Gasteiger partial charge in [-0.3, -0.25) is 24.0 Å². The third-order valence-electron chi connectivity index (χ3n) is 15.4. The third kappa shape index (κ3) is 20.0. The highest BCUT2D eigenvalue weighted by Gasteiger charge is 2.24. The topological polar surface area (TPSA) is 188 Å². The Kier molecular flexibility index (Phi) is 8.95. The summed E-state index contributed by atoms with van der Waals surface area (Å²) in [6, 6.07) is -13.6. The van der Waals surface area contributed by atoms with Gasteiger partial charge in [-0.05, 0) is 127 Å². The summed E-state index contributed by atoms with van der Waals surface area (Å²) < 4.78 is 625. The van der Waals surface area contributed by atoms with E-state index in [1.54, 1.807) is 0 Å². The number of nitrogens with zero attached hydrogens (tertiary/aromatic N) is 15. The molecule has 10 heterocycles. The molecule has 590 valence electrons. The van der Waals surface area contributed by atoms with Crippen LogP contribution in [0.4, 0.5) is 0 Å². The smallest absolute Gasteiger partial charge is 0.228 e. The van der Waals surface area contributed by atoms with Crippen LogP contribution in [0.2, 0.25) is 0 Å². The molecule has 0 saturated carbocycles. The van der Waals surface area contributed by atoms with Gasteiger partial charge in [-0.15, -0.1) is 0 Å². The number of hydrogen-bond donors (Lipinski definition) is 0. The van der Waals surface area contributed by atoms with Crippen molar-refractivity contribution in [3.8, 4) is 56.3 Å². The molecule has 10 aromatic heterocycles. The van der Waals surface area contributed by atoms with Gasteiger partial charge in [-0.2, -0.15) is 0 Å². The number of carbonyl (C=O) groups excluding carboxylic acids is 5. The molecule has 0 bridgehead atoms. The lowest BCUT2D eigenvalue weighted by Gasteiger charge is -2.11. The van der Waals surface area contributed by atoms with Crippen LogP contribution in [0.25, 0.3) is 84.5 Å². The van der Waals surface area contributed by atoms with E-state index < -0.39 is 461 Å². The predicted molar refractivity (Wildman–Crippen MR) is 463 cm³/mol. The number of carbonyl (C=O) groups is 5. The summed E-state index contributed by atoms with van der Waals surface area (Å²) in [7, 11) is 0. The quantitative estimate of drug-likeness (QED) is 0.0955. The highest BCUT2D eigenvalue weighted by molar-refractivity contribution is 5.85. The van der Waals surface area contributed by atoms with Gasteiger partial charge >= 0.3 is 0 Å². The van der Waals surface area contributed by atoms with Crippen molar-refractivity contribution in [2.24, 2.45) is 0 Å². The van der Waals surface area contributed by atoms with Crippen molar-refractivity contribution in [3.63, 3.8) is 0 Å². The first-order chi connectivity index (χ1) is 87.2. The zero-order valence-electron chi connectivity index (χ0n) is 139.